The van der Waals surface area contributed by atoms with Crippen molar-refractivity contribution in [3.63, 3.8) is 0 Å². The van der Waals surface area contributed by atoms with Crippen molar-refractivity contribution < 1.29 is 13.2 Å². The van der Waals surface area contributed by atoms with Crippen LogP contribution in [0.5, 0.6) is 0 Å². The molecular formula is C21H26BrN3O3S. The number of rotatable bonds is 6. The Morgan fingerprint density at radius 2 is 1.76 bits per heavy atom. The van der Waals surface area contributed by atoms with Gasteiger partial charge in [-0.3, -0.25) is 4.79 Å². The zero-order valence-corrected chi connectivity index (χ0v) is 19.1. The number of aryl methyl sites for hydroxylation is 2. The van der Waals surface area contributed by atoms with E-state index in [2.05, 4.69) is 21.2 Å². The first kappa shape index (κ1) is 22.0. The lowest BCUT2D eigenvalue weighted by atomic mass is 10.2. The largest absolute Gasteiger partial charge is 0.339 e. The fourth-order valence-electron chi connectivity index (χ4n) is 3.31. The number of hydrogen-bond acceptors (Lipinski definition) is 4. The van der Waals surface area contributed by atoms with Crippen molar-refractivity contribution in [1.82, 2.24) is 14.5 Å². The van der Waals surface area contributed by atoms with Crippen LogP contribution in [0.2, 0.25) is 0 Å². The smallest absolute Gasteiger partial charge is 0.244 e. The molecular weight excluding hydrogens is 454 g/mol. The second kappa shape index (κ2) is 9.38. The van der Waals surface area contributed by atoms with Crippen molar-refractivity contribution in [2.24, 2.45) is 0 Å². The highest BCUT2D eigenvalue weighted by Crippen LogP contribution is 2.24. The van der Waals surface area contributed by atoms with Gasteiger partial charge in [0.15, 0.2) is 0 Å². The highest BCUT2D eigenvalue weighted by molar-refractivity contribution is 9.10. The molecule has 0 radical (unpaired) electrons. The Hall–Kier alpha value is -1.74. The fourth-order valence-corrected chi connectivity index (χ4v) is 5.26. The molecule has 1 saturated heterocycles. The molecule has 0 unspecified atom stereocenters. The molecule has 2 aromatic rings. The Bertz CT molecular complexity index is 971. The number of nitrogens with zero attached hydrogens (tertiary/aromatic N) is 2. The summed E-state index contributed by atoms with van der Waals surface area (Å²) in [5.41, 5.74) is 2.37. The van der Waals surface area contributed by atoms with Gasteiger partial charge in [0.1, 0.15) is 0 Å². The number of halogens is 1. The Morgan fingerprint density at radius 1 is 1.10 bits per heavy atom. The lowest BCUT2D eigenvalue weighted by Crippen LogP contribution is -2.50. The average Bonchev–Trinajstić information content (AvgIpc) is 2.71. The summed E-state index contributed by atoms with van der Waals surface area (Å²) in [7, 11) is -3.84. The van der Waals surface area contributed by atoms with Gasteiger partial charge in [-0.15, -0.1) is 0 Å². The zero-order chi connectivity index (χ0) is 21.0. The van der Waals surface area contributed by atoms with Gasteiger partial charge in [-0.25, -0.2) is 8.42 Å². The minimum absolute atomic E-state index is 0.140. The highest BCUT2D eigenvalue weighted by atomic mass is 79.9. The third-order valence-electron chi connectivity index (χ3n) is 5.01. The Kier molecular flexibility index (Phi) is 7.10. The normalized spacial score (nSPS) is 15.0. The van der Waals surface area contributed by atoms with E-state index in [0.717, 1.165) is 28.7 Å². The van der Waals surface area contributed by atoms with Gasteiger partial charge in [0.05, 0.1) is 11.4 Å². The molecule has 1 N–H and O–H groups in total. The van der Waals surface area contributed by atoms with Crippen LogP contribution in [0.4, 0.5) is 0 Å². The highest BCUT2D eigenvalue weighted by Gasteiger charge is 2.30. The molecule has 0 atom stereocenters. The van der Waals surface area contributed by atoms with Crippen molar-refractivity contribution in [3.05, 3.63) is 63.6 Å². The number of hydrogen-bond donors (Lipinski definition) is 1. The summed E-state index contributed by atoms with van der Waals surface area (Å²) < 4.78 is 29.3. The Morgan fingerprint density at radius 3 is 2.41 bits per heavy atom. The molecule has 0 bridgehead atoms. The maximum Gasteiger partial charge on any atom is 0.244 e. The summed E-state index contributed by atoms with van der Waals surface area (Å²) in [5, 5.41) is 3.21. The molecule has 2 aromatic carbocycles. The Labute approximate surface area is 181 Å². The number of carbonyl (C=O) groups is 1. The van der Waals surface area contributed by atoms with Gasteiger partial charge in [-0.1, -0.05) is 40.2 Å². The second-order valence-electron chi connectivity index (χ2n) is 7.30. The quantitative estimate of drug-likeness (QED) is 0.691. The van der Waals surface area contributed by atoms with Crippen molar-refractivity contribution in [1.29, 1.82) is 0 Å². The second-order valence-corrected chi connectivity index (χ2v) is 10.1. The SMILES string of the molecule is Cc1ccc(C)c(S(=O)(=O)N(CC(=O)N2CCNCC2)Cc2ccc(Br)cc2)c1. The molecule has 8 heteroatoms. The summed E-state index contributed by atoms with van der Waals surface area (Å²) in [6.45, 7) is 6.24. The molecule has 1 fully saturated rings. The van der Waals surface area contributed by atoms with Crippen LogP contribution >= 0.6 is 15.9 Å². The van der Waals surface area contributed by atoms with Crippen LogP contribution in [0, 0.1) is 13.8 Å². The van der Waals surface area contributed by atoms with E-state index in [9.17, 15) is 13.2 Å². The van der Waals surface area contributed by atoms with Gasteiger partial charge in [0.2, 0.25) is 15.9 Å². The van der Waals surface area contributed by atoms with Crippen LogP contribution in [-0.4, -0.2) is 56.3 Å². The van der Waals surface area contributed by atoms with E-state index in [0.29, 0.717) is 18.7 Å². The number of benzene rings is 2. The lowest BCUT2D eigenvalue weighted by molar-refractivity contribution is -0.132. The third-order valence-corrected chi connectivity index (χ3v) is 7.48. The molecule has 6 nitrogen and oxygen atoms in total. The number of carbonyl (C=O) groups excluding carboxylic acids is 1. The Balaban J connectivity index is 1.93. The van der Waals surface area contributed by atoms with E-state index in [4.69, 9.17) is 0 Å². The van der Waals surface area contributed by atoms with E-state index in [1.165, 1.54) is 4.31 Å². The minimum atomic E-state index is -3.84. The first-order valence-corrected chi connectivity index (χ1v) is 11.8. The number of nitrogens with one attached hydrogen (secondary N) is 1. The van der Waals surface area contributed by atoms with E-state index in [1.54, 1.807) is 24.0 Å². The molecule has 0 aromatic heterocycles. The number of piperazine rings is 1. The zero-order valence-electron chi connectivity index (χ0n) is 16.7. The van der Waals surface area contributed by atoms with E-state index >= 15 is 0 Å². The summed E-state index contributed by atoms with van der Waals surface area (Å²) in [5.74, 6) is -0.169. The summed E-state index contributed by atoms with van der Waals surface area (Å²) in [6, 6.07) is 12.8. The summed E-state index contributed by atoms with van der Waals surface area (Å²) in [4.78, 5) is 14.8. The van der Waals surface area contributed by atoms with Crippen LogP contribution in [-0.2, 0) is 21.4 Å². The van der Waals surface area contributed by atoms with Crippen LogP contribution in [0.3, 0.4) is 0 Å². The van der Waals surface area contributed by atoms with Crippen molar-refractivity contribution in [2.45, 2.75) is 25.3 Å². The van der Waals surface area contributed by atoms with E-state index < -0.39 is 10.0 Å². The number of sulfonamides is 1. The van der Waals surface area contributed by atoms with Crippen LogP contribution in [0.1, 0.15) is 16.7 Å². The fraction of sp³-hybridized carbons (Fsp3) is 0.381. The summed E-state index contributed by atoms with van der Waals surface area (Å²) in [6.07, 6.45) is 0. The third kappa shape index (κ3) is 5.45. The maximum absolute atomic E-state index is 13.5. The first-order valence-electron chi connectivity index (χ1n) is 9.58. The van der Waals surface area contributed by atoms with Crippen molar-refractivity contribution in [2.75, 3.05) is 32.7 Å². The predicted molar refractivity (Wildman–Crippen MR) is 117 cm³/mol. The predicted octanol–water partition coefficient (Wildman–Crippen LogP) is 2.69. The molecule has 0 aliphatic carbocycles. The van der Waals surface area contributed by atoms with E-state index in [-0.39, 0.29) is 23.9 Å². The molecule has 29 heavy (non-hydrogen) atoms. The molecule has 1 aliphatic heterocycles. The van der Waals surface area contributed by atoms with Crippen LogP contribution in [0.15, 0.2) is 51.8 Å². The van der Waals surface area contributed by atoms with Gasteiger partial charge in [-0.05, 0) is 48.7 Å². The first-order chi connectivity index (χ1) is 13.8. The molecule has 0 saturated carbocycles. The van der Waals surface area contributed by atoms with Gasteiger partial charge in [0, 0.05) is 37.2 Å². The molecule has 1 amide bonds. The topological polar surface area (TPSA) is 69.7 Å². The van der Waals surface area contributed by atoms with Gasteiger partial charge >= 0.3 is 0 Å². The van der Waals surface area contributed by atoms with E-state index in [1.807, 2.05) is 37.3 Å². The van der Waals surface area contributed by atoms with Crippen molar-refractivity contribution >= 4 is 31.9 Å². The van der Waals surface area contributed by atoms with Crippen LogP contribution in [0.25, 0.3) is 0 Å². The van der Waals surface area contributed by atoms with Crippen LogP contribution < -0.4 is 5.32 Å². The lowest BCUT2D eigenvalue weighted by Gasteiger charge is -2.30. The van der Waals surface area contributed by atoms with Gasteiger partial charge in [-0.2, -0.15) is 4.31 Å². The van der Waals surface area contributed by atoms with Crippen molar-refractivity contribution in [3.8, 4) is 0 Å². The van der Waals surface area contributed by atoms with Gasteiger partial charge in [0.25, 0.3) is 0 Å². The molecule has 1 aliphatic rings. The molecule has 3 rings (SSSR count). The average molecular weight is 480 g/mol. The maximum atomic E-state index is 13.5. The molecule has 1 heterocycles. The number of amides is 1. The molecule has 0 spiro atoms. The summed E-state index contributed by atoms with van der Waals surface area (Å²) >= 11 is 3.40. The standard InChI is InChI=1S/C21H26BrN3O3S/c1-16-3-4-17(2)20(13-16)29(27,28)25(14-18-5-7-19(22)8-6-18)15-21(26)24-11-9-23-10-12-24/h3-8,13,23H,9-12,14-15H2,1-2H3. The monoisotopic (exact) mass is 479 g/mol. The van der Waals surface area contributed by atoms with Gasteiger partial charge < -0.3 is 10.2 Å². The minimum Gasteiger partial charge on any atom is -0.339 e. The molecule has 156 valence electrons.